The molecule has 0 fully saturated rings. The lowest BCUT2D eigenvalue weighted by Gasteiger charge is -2.24. The normalized spacial score (nSPS) is 14.1. The van der Waals surface area contributed by atoms with E-state index in [0.29, 0.717) is 5.82 Å². The van der Waals surface area contributed by atoms with Gasteiger partial charge in [0.25, 0.3) is 0 Å². The molecule has 0 saturated heterocycles. The van der Waals surface area contributed by atoms with Gasteiger partial charge >= 0.3 is 0 Å². The van der Waals surface area contributed by atoms with E-state index in [0.717, 1.165) is 24.3 Å². The first-order valence-electron chi connectivity index (χ1n) is 6.48. The van der Waals surface area contributed by atoms with Crippen LogP contribution in [0.3, 0.4) is 0 Å². The minimum Gasteiger partial charge on any atom is -0.497 e. The summed E-state index contributed by atoms with van der Waals surface area (Å²) in [5, 5.41) is 10.8. The van der Waals surface area contributed by atoms with Crippen LogP contribution in [-0.2, 0) is 12.1 Å². The van der Waals surface area contributed by atoms with Gasteiger partial charge in [0.15, 0.2) is 0 Å². The monoisotopic (exact) mass is 260 g/mol. The predicted molar refractivity (Wildman–Crippen MR) is 74.2 cm³/mol. The minimum absolute atomic E-state index is 0.666. The number of benzene rings is 1. The Morgan fingerprint density at radius 2 is 2.00 bits per heavy atom. The van der Waals surface area contributed by atoms with Crippen molar-refractivity contribution in [1.29, 1.82) is 0 Å². The summed E-state index contributed by atoms with van der Waals surface area (Å²) in [7, 11) is 1.63. The summed E-state index contributed by atoms with van der Waals surface area (Å²) in [4.78, 5) is 4.31. The zero-order chi connectivity index (χ0) is 13.9. The zero-order valence-corrected chi connectivity index (χ0v) is 11.6. The van der Waals surface area contributed by atoms with Gasteiger partial charge < -0.3 is 14.4 Å². The van der Waals surface area contributed by atoms with E-state index in [1.54, 1.807) is 20.2 Å². The fourth-order valence-electron chi connectivity index (χ4n) is 2.20. The van der Waals surface area contributed by atoms with Gasteiger partial charge in [-0.15, -0.1) is 0 Å². The van der Waals surface area contributed by atoms with Crippen molar-refractivity contribution in [2.45, 2.75) is 32.4 Å². The summed E-state index contributed by atoms with van der Waals surface area (Å²) in [6.07, 6.45) is 4.63. The van der Waals surface area contributed by atoms with E-state index in [1.165, 1.54) is 0 Å². The predicted octanol–water partition coefficient (Wildman–Crippen LogP) is 2.56. The number of aromatic nitrogens is 2. The fraction of sp³-hybridized carbons (Fsp3) is 0.400. The zero-order valence-electron chi connectivity index (χ0n) is 11.6. The topological polar surface area (TPSA) is 47.3 Å². The summed E-state index contributed by atoms with van der Waals surface area (Å²) in [5.74, 6) is 1.44. The number of hydrogen-bond donors (Lipinski definition) is 1. The highest BCUT2D eigenvalue weighted by atomic mass is 16.5. The van der Waals surface area contributed by atoms with Crippen LogP contribution in [0, 0.1) is 0 Å². The third-order valence-corrected chi connectivity index (χ3v) is 3.27. The Morgan fingerprint density at radius 3 is 2.58 bits per heavy atom. The van der Waals surface area contributed by atoms with Crippen molar-refractivity contribution in [2.24, 2.45) is 0 Å². The van der Waals surface area contributed by atoms with Crippen molar-refractivity contribution in [3.63, 3.8) is 0 Å². The van der Waals surface area contributed by atoms with E-state index in [4.69, 9.17) is 4.74 Å². The first-order valence-corrected chi connectivity index (χ1v) is 6.48. The molecule has 0 bridgehead atoms. The second-order valence-corrected chi connectivity index (χ2v) is 4.74. The number of rotatable bonds is 5. The van der Waals surface area contributed by atoms with E-state index in [1.807, 2.05) is 35.0 Å². The molecular weight excluding hydrogens is 240 g/mol. The molecule has 0 aliphatic rings. The van der Waals surface area contributed by atoms with Gasteiger partial charge in [0.05, 0.1) is 7.11 Å². The summed E-state index contributed by atoms with van der Waals surface area (Å²) in [5.41, 5.74) is -0.304. The summed E-state index contributed by atoms with van der Waals surface area (Å²) in [6, 6.07) is 7.42. The number of aliphatic hydroxyl groups is 1. The molecule has 1 atom stereocenters. The Labute approximate surface area is 113 Å². The van der Waals surface area contributed by atoms with Gasteiger partial charge in [0, 0.05) is 18.9 Å². The maximum Gasteiger partial charge on any atom is 0.145 e. The Kier molecular flexibility index (Phi) is 3.90. The van der Waals surface area contributed by atoms with E-state index in [-0.39, 0.29) is 0 Å². The second-order valence-electron chi connectivity index (χ2n) is 4.74. The number of imidazole rings is 1. The van der Waals surface area contributed by atoms with Crippen LogP contribution in [0.2, 0.25) is 0 Å². The second kappa shape index (κ2) is 5.45. The molecule has 4 heteroatoms. The first kappa shape index (κ1) is 13.6. The van der Waals surface area contributed by atoms with Gasteiger partial charge in [-0.1, -0.05) is 19.1 Å². The molecule has 1 unspecified atom stereocenters. The van der Waals surface area contributed by atoms with Crippen LogP contribution in [0.1, 0.15) is 31.7 Å². The van der Waals surface area contributed by atoms with Crippen molar-refractivity contribution in [1.82, 2.24) is 9.55 Å². The van der Waals surface area contributed by atoms with Crippen molar-refractivity contribution < 1.29 is 9.84 Å². The van der Waals surface area contributed by atoms with Gasteiger partial charge in [-0.2, -0.15) is 0 Å². The SMILES string of the molecule is CCCn1ccnc1C(C)(O)c1ccc(OC)cc1. The Hall–Kier alpha value is -1.81. The maximum atomic E-state index is 10.8. The lowest BCUT2D eigenvalue weighted by Crippen LogP contribution is -2.27. The molecule has 2 rings (SSSR count). The molecule has 2 aromatic rings. The van der Waals surface area contributed by atoms with Crippen molar-refractivity contribution in [3.05, 3.63) is 48.0 Å². The Bertz CT molecular complexity index is 529. The number of nitrogens with zero attached hydrogens (tertiary/aromatic N) is 2. The van der Waals surface area contributed by atoms with Crippen molar-refractivity contribution >= 4 is 0 Å². The molecule has 1 aromatic carbocycles. The minimum atomic E-state index is -1.11. The van der Waals surface area contributed by atoms with Crippen molar-refractivity contribution in [2.75, 3.05) is 7.11 Å². The summed E-state index contributed by atoms with van der Waals surface area (Å²) in [6.45, 7) is 4.72. The molecular formula is C15H20N2O2. The number of ether oxygens (including phenoxy) is 1. The van der Waals surface area contributed by atoms with E-state index in [9.17, 15) is 5.11 Å². The van der Waals surface area contributed by atoms with Gasteiger partial charge in [-0.05, 0) is 31.0 Å². The average Bonchev–Trinajstić information content (AvgIpc) is 2.88. The molecule has 102 valence electrons. The van der Waals surface area contributed by atoms with Crippen LogP contribution < -0.4 is 4.74 Å². The fourth-order valence-corrected chi connectivity index (χ4v) is 2.20. The molecule has 19 heavy (non-hydrogen) atoms. The number of methoxy groups -OCH3 is 1. The van der Waals surface area contributed by atoms with E-state index >= 15 is 0 Å². The molecule has 0 saturated carbocycles. The standard InChI is InChI=1S/C15H20N2O2/c1-4-10-17-11-9-16-14(17)15(2,18)12-5-7-13(19-3)8-6-12/h5-9,11,18H,4,10H2,1-3H3. The lowest BCUT2D eigenvalue weighted by molar-refractivity contribution is 0.0878. The molecule has 0 aliphatic carbocycles. The van der Waals surface area contributed by atoms with Gasteiger partial charge in [-0.3, -0.25) is 0 Å². The average molecular weight is 260 g/mol. The van der Waals surface area contributed by atoms with Crippen LogP contribution in [0.5, 0.6) is 5.75 Å². The van der Waals surface area contributed by atoms with Crippen LogP contribution in [0.15, 0.2) is 36.7 Å². The largest absolute Gasteiger partial charge is 0.497 e. The molecule has 4 nitrogen and oxygen atoms in total. The maximum absolute atomic E-state index is 10.8. The summed E-state index contributed by atoms with van der Waals surface area (Å²) < 4.78 is 7.12. The quantitative estimate of drug-likeness (QED) is 0.898. The molecule has 0 aliphatic heterocycles. The molecule has 1 aromatic heterocycles. The molecule has 0 amide bonds. The Morgan fingerprint density at radius 1 is 1.32 bits per heavy atom. The van der Waals surface area contributed by atoms with Crippen LogP contribution >= 0.6 is 0 Å². The highest BCUT2D eigenvalue weighted by Crippen LogP contribution is 2.29. The van der Waals surface area contributed by atoms with Crippen LogP contribution in [-0.4, -0.2) is 21.8 Å². The molecule has 0 spiro atoms. The molecule has 0 radical (unpaired) electrons. The highest BCUT2D eigenvalue weighted by Gasteiger charge is 2.30. The lowest BCUT2D eigenvalue weighted by atomic mass is 9.95. The van der Waals surface area contributed by atoms with Gasteiger partial charge in [0.2, 0.25) is 0 Å². The Balaban J connectivity index is 2.36. The summed E-state index contributed by atoms with van der Waals surface area (Å²) >= 11 is 0. The van der Waals surface area contributed by atoms with Crippen LogP contribution in [0.25, 0.3) is 0 Å². The molecule has 1 heterocycles. The smallest absolute Gasteiger partial charge is 0.145 e. The number of aryl methyl sites for hydroxylation is 1. The highest BCUT2D eigenvalue weighted by molar-refractivity contribution is 5.34. The van der Waals surface area contributed by atoms with Crippen molar-refractivity contribution in [3.8, 4) is 5.75 Å². The van der Waals surface area contributed by atoms with Gasteiger partial charge in [-0.25, -0.2) is 4.98 Å². The molecule has 1 N–H and O–H groups in total. The third-order valence-electron chi connectivity index (χ3n) is 3.27. The van der Waals surface area contributed by atoms with E-state index in [2.05, 4.69) is 11.9 Å². The van der Waals surface area contributed by atoms with E-state index < -0.39 is 5.60 Å². The number of hydrogen-bond acceptors (Lipinski definition) is 3. The first-order chi connectivity index (χ1) is 9.09. The third kappa shape index (κ3) is 2.63. The van der Waals surface area contributed by atoms with Gasteiger partial charge in [0.1, 0.15) is 17.2 Å². The van der Waals surface area contributed by atoms with Crippen LogP contribution in [0.4, 0.5) is 0 Å².